The van der Waals surface area contributed by atoms with Crippen molar-refractivity contribution in [1.82, 2.24) is 19.8 Å². The Morgan fingerprint density at radius 2 is 1.93 bits per heavy atom. The Labute approximate surface area is 168 Å². The number of amides is 1. The lowest BCUT2D eigenvalue weighted by Crippen LogP contribution is -2.48. The molecule has 2 aromatic heterocycles. The Bertz CT molecular complexity index is 1020. The normalized spacial score (nSPS) is 17.9. The lowest BCUT2D eigenvalue weighted by atomic mass is 9.96. The molecule has 1 atom stereocenters. The second-order valence-corrected chi connectivity index (χ2v) is 8.45. The van der Waals surface area contributed by atoms with Crippen LogP contribution in [0.1, 0.15) is 39.4 Å². The van der Waals surface area contributed by atoms with Crippen LogP contribution < -0.4 is 10.2 Å². The predicted molar refractivity (Wildman–Crippen MR) is 110 cm³/mol. The third-order valence-corrected chi connectivity index (χ3v) is 5.16. The fourth-order valence-electron chi connectivity index (χ4n) is 3.43. The number of anilines is 2. The number of hydrogen-bond acceptors (Lipinski definition) is 5. The van der Waals surface area contributed by atoms with E-state index < -0.39 is 0 Å². The number of fused-ring (bicyclic) bond motifs is 1. The molecule has 1 N–H and O–H groups in total. The Morgan fingerprint density at radius 1 is 1.14 bits per heavy atom. The highest BCUT2D eigenvalue weighted by atomic mass is 35.5. The molecule has 1 saturated heterocycles. The van der Waals surface area contributed by atoms with E-state index in [-0.39, 0.29) is 17.4 Å². The first-order chi connectivity index (χ1) is 13.3. The van der Waals surface area contributed by atoms with E-state index in [1.165, 1.54) is 0 Å². The number of rotatable bonds is 3. The number of carbonyl (C=O) groups excluding carboxylic acids is 1. The Hall–Kier alpha value is -2.67. The molecule has 3 aromatic rings. The molecule has 1 unspecified atom stereocenters. The summed E-state index contributed by atoms with van der Waals surface area (Å²) in [6, 6.07) is 10.8. The van der Waals surface area contributed by atoms with Crippen molar-refractivity contribution in [2.24, 2.45) is 0 Å². The van der Waals surface area contributed by atoms with E-state index >= 15 is 0 Å². The van der Waals surface area contributed by atoms with E-state index in [1.54, 1.807) is 15.5 Å². The highest BCUT2D eigenvalue weighted by Gasteiger charge is 2.31. The van der Waals surface area contributed by atoms with Crippen LogP contribution in [0.3, 0.4) is 0 Å². The zero-order valence-electron chi connectivity index (χ0n) is 16.2. The van der Waals surface area contributed by atoms with Crippen LogP contribution in [0.5, 0.6) is 0 Å². The monoisotopic (exact) mass is 398 g/mol. The molecule has 4 rings (SSSR count). The van der Waals surface area contributed by atoms with Crippen molar-refractivity contribution in [3.8, 4) is 0 Å². The van der Waals surface area contributed by atoms with Crippen LogP contribution in [0.25, 0.3) is 5.65 Å². The van der Waals surface area contributed by atoms with Gasteiger partial charge in [0.05, 0.1) is 10.7 Å². The molecule has 0 saturated carbocycles. The molecule has 0 radical (unpaired) electrons. The number of piperidine rings is 1. The zero-order chi connectivity index (χ0) is 19.9. The molecule has 1 fully saturated rings. The van der Waals surface area contributed by atoms with E-state index in [2.05, 4.69) is 41.4 Å². The molecular weight excluding hydrogens is 376 g/mol. The Morgan fingerprint density at radius 3 is 2.68 bits per heavy atom. The number of nitrogens with one attached hydrogen (secondary N) is 1. The number of hydrogen-bond donors (Lipinski definition) is 1. The maximum absolute atomic E-state index is 13.1. The van der Waals surface area contributed by atoms with Gasteiger partial charge in [-0.05, 0) is 37.1 Å². The van der Waals surface area contributed by atoms with Crippen molar-refractivity contribution in [2.75, 3.05) is 16.8 Å². The first-order valence-corrected chi connectivity index (χ1v) is 9.78. The fraction of sp³-hybridized carbons (Fsp3) is 0.400. The SMILES string of the molecule is CC(C)(C)c1nnc2ccc(NC3CCCN(c4ccccc4Cl)C3=O)nn12. The minimum atomic E-state index is -0.357. The summed E-state index contributed by atoms with van der Waals surface area (Å²) in [4.78, 5) is 14.8. The first-order valence-electron chi connectivity index (χ1n) is 9.40. The highest BCUT2D eigenvalue weighted by Crippen LogP contribution is 2.29. The summed E-state index contributed by atoms with van der Waals surface area (Å²) in [7, 11) is 0. The molecule has 0 spiro atoms. The molecule has 28 heavy (non-hydrogen) atoms. The second-order valence-electron chi connectivity index (χ2n) is 8.04. The van der Waals surface area contributed by atoms with E-state index in [4.69, 9.17) is 11.6 Å². The smallest absolute Gasteiger partial charge is 0.249 e. The molecule has 1 aliphatic rings. The molecule has 0 aliphatic carbocycles. The van der Waals surface area contributed by atoms with Gasteiger partial charge in [-0.2, -0.15) is 4.52 Å². The van der Waals surface area contributed by atoms with Gasteiger partial charge < -0.3 is 10.2 Å². The van der Waals surface area contributed by atoms with Crippen LogP contribution in [0.2, 0.25) is 5.02 Å². The van der Waals surface area contributed by atoms with Gasteiger partial charge in [0.25, 0.3) is 0 Å². The average molecular weight is 399 g/mol. The predicted octanol–water partition coefficient (Wildman–Crippen LogP) is 3.68. The van der Waals surface area contributed by atoms with Crippen molar-refractivity contribution in [2.45, 2.75) is 45.1 Å². The van der Waals surface area contributed by atoms with Crippen LogP contribution in [0.15, 0.2) is 36.4 Å². The number of aromatic nitrogens is 4. The maximum atomic E-state index is 13.1. The van der Waals surface area contributed by atoms with Crippen molar-refractivity contribution in [3.63, 3.8) is 0 Å². The minimum Gasteiger partial charge on any atom is -0.357 e. The third kappa shape index (κ3) is 3.42. The first kappa shape index (κ1) is 18.7. The van der Waals surface area contributed by atoms with Gasteiger partial charge in [0.15, 0.2) is 11.5 Å². The minimum absolute atomic E-state index is 0.000970. The molecule has 1 aliphatic heterocycles. The van der Waals surface area contributed by atoms with Crippen LogP contribution in [0, 0.1) is 0 Å². The van der Waals surface area contributed by atoms with Gasteiger partial charge in [0.2, 0.25) is 5.91 Å². The molecule has 1 amide bonds. The second kappa shape index (κ2) is 7.05. The third-order valence-electron chi connectivity index (χ3n) is 4.84. The standard InChI is InChI=1S/C20H23ClN6O/c1-20(2,3)19-24-23-17-11-10-16(25-27(17)19)22-14-8-6-12-26(18(14)28)15-9-5-4-7-13(15)21/h4-5,7,9-11,14H,6,8,12H2,1-3H3,(H,22,25). The lowest BCUT2D eigenvalue weighted by molar-refractivity contribution is -0.120. The fourth-order valence-corrected chi connectivity index (χ4v) is 3.67. The molecule has 8 heteroatoms. The Kier molecular flexibility index (Phi) is 4.71. The van der Waals surface area contributed by atoms with Gasteiger partial charge in [0, 0.05) is 12.0 Å². The average Bonchev–Trinajstić information content (AvgIpc) is 3.08. The summed E-state index contributed by atoms with van der Waals surface area (Å²) in [5.74, 6) is 1.40. The van der Waals surface area contributed by atoms with Crippen LogP contribution in [-0.2, 0) is 10.2 Å². The van der Waals surface area contributed by atoms with Crippen molar-refractivity contribution in [1.29, 1.82) is 0 Å². The summed E-state index contributed by atoms with van der Waals surface area (Å²) in [5, 5.41) is 16.9. The van der Waals surface area contributed by atoms with Gasteiger partial charge in [-0.1, -0.05) is 44.5 Å². The molecular formula is C20H23ClN6O. The van der Waals surface area contributed by atoms with Crippen molar-refractivity contribution < 1.29 is 4.79 Å². The molecule has 0 bridgehead atoms. The Balaban J connectivity index is 1.60. The quantitative estimate of drug-likeness (QED) is 0.728. The van der Waals surface area contributed by atoms with Crippen molar-refractivity contribution >= 4 is 34.7 Å². The van der Waals surface area contributed by atoms with Gasteiger partial charge in [-0.3, -0.25) is 4.79 Å². The number of benzene rings is 1. The van der Waals surface area contributed by atoms with Gasteiger partial charge >= 0.3 is 0 Å². The van der Waals surface area contributed by atoms with E-state index in [1.807, 2.05) is 30.3 Å². The lowest BCUT2D eigenvalue weighted by Gasteiger charge is -2.33. The molecule has 146 valence electrons. The van der Waals surface area contributed by atoms with E-state index in [0.29, 0.717) is 23.0 Å². The number of para-hydroxylation sites is 1. The van der Waals surface area contributed by atoms with Gasteiger partial charge in [0.1, 0.15) is 11.9 Å². The topological polar surface area (TPSA) is 75.4 Å². The van der Waals surface area contributed by atoms with Crippen LogP contribution >= 0.6 is 11.6 Å². The summed E-state index contributed by atoms with van der Waals surface area (Å²) < 4.78 is 1.74. The van der Waals surface area contributed by atoms with E-state index in [0.717, 1.165) is 24.4 Å². The van der Waals surface area contributed by atoms with Crippen LogP contribution in [0.4, 0.5) is 11.5 Å². The maximum Gasteiger partial charge on any atom is 0.249 e. The summed E-state index contributed by atoms with van der Waals surface area (Å²) in [6.07, 6.45) is 1.63. The molecule has 1 aromatic carbocycles. The number of carbonyl (C=O) groups is 1. The van der Waals surface area contributed by atoms with Gasteiger partial charge in [-0.25, -0.2) is 0 Å². The number of halogens is 1. The molecule has 3 heterocycles. The summed E-state index contributed by atoms with van der Waals surface area (Å²) >= 11 is 6.30. The highest BCUT2D eigenvalue weighted by molar-refractivity contribution is 6.33. The largest absolute Gasteiger partial charge is 0.357 e. The van der Waals surface area contributed by atoms with Gasteiger partial charge in [-0.15, -0.1) is 15.3 Å². The molecule has 7 nitrogen and oxygen atoms in total. The van der Waals surface area contributed by atoms with Crippen LogP contribution in [-0.4, -0.2) is 38.3 Å². The summed E-state index contributed by atoms with van der Waals surface area (Å²) in [6.45, 7) is 6.86. The zero-order valence-corrected chi connectivity index (χ0v) is 16.9. The number of nitrogens with zero attached hydrogens (tertiary/aromatic N) is 5. The van der Waals surface area contributed by atoms with E-state index in [9.17, 15) is 4.79 Å². The summed E-state index contributed by atoms with van der Waals surface area (Å²) in [5.41, 5.74) is 1.24. The van der Waals surface area contributed by atoms with Crippen molar-refractivity contribution in [3.05, 3.63) is 47.2 Å².